The summed E-state index contributed by atoms with van der Waals surface area (Å²) in [6, 6.07) is 8.59. The van der Waals surface area contributed by atoms with Gasteiger partial charge in [0.1, 0.15) is 0 Å². The minimum atomic E-state index is 0.304. The van der Waals surface area contributed by atoms with Crippen molar-refractivity contribution < 1.29 is 0 Å². The Bertz CT molecular complexity index is 841. The number of benzene rings is 1. The van der Waals surface area contributed by atoms with Crippen LogP contribution in [-0.2, 0) is 0 Å². The van der Waals surface area contributed by atoms with E-state index in [-0.39, 0.29) is 0 Å². The highest BCUT2D eigenvalue weighted by atomic mass is 15.2. The Morgan fingerprint density at radius 3 is 2.79 bits per heavy atom. The predicted molar refractivity (Wildman–Crippen MR) is 121 cm³/mol. The lowest BCUT2D eigenvalue weighted by Gasteiger charge is -2.35. The molecule has 3 rings (SSSR count). The second kappa shape index (κ2) is 9.41. The quantitative estimate of drug-likeness (QED) is 0.368. The predicted octanol–water partition coefficient (Wildman–Crippen LogP) is 5.66. The van der Waals surface area contributed by atoms with E-state index in [0.29, 0.717) is 11.8 Å². The van der Waals surface area contributed by atoms with Gasteiger partial charge in [-0.1, -0.05) is 60.7 Å². The van der Waals surface area contributed by atoms with Gasteiger partial charge in [-0.3, -0.25) is 0 Å². The molecule has 0 aliphatic carbocycles. The van der Waals surface area contributed by atoms with E-state index in [9.17, 15) is 0 Å². The van der Waals surface area contributed by atoms with Gasteiger partial charge in [0, 0.05) is 17.8 Å². The molecule has 3 heteroatoms. The number of rotatable bonds is 7. The SMILES string of the molecule is C=C/C(=C\N)CCCCC(=C)C1CCC2=CCN1c1ccccc1C(=N)/C=C\2. The highest BCUT2D eigenvalue weighted by molar-refractivity contribution is 6.10. The van der Waals surface area contributed by atoms with Crippen LogP contribution in [0.5, 0.6) is 0 Å². The van der Waals surface area contributed by atoms with Crippen molar-refractivity contribution in [3.05, 3.63) is 90.2 Å². The number of fused-ring (bicyclic) bond motifs is 4. The van der Waals surface area contributed by atoms with Gasteiger partial charge in [0.2, 0.25) is 0 Å². The largest absolute Gasteiger partial charge is 0.404 e. The lowest BCUT2D eigenvalue weighted by molar-refractivity contribution is 0.606. The molecular formula is C25H31N3. The summed E-state index contributed by atoms with van der Waals surface area (Å²) in [6.45, 7) is 9.15. The van der Waals surface area contributed by atoms with E-state index in [0.717, 1.165) is 61.9 Å². The molecule has 1 aromatic rings. The third-order valence-electron chi connectivity index (χ3n) is 5.76. The average Bonchev–Trinajstić information content (AvgIpc) is 2.91. The minimum Gasteiger partial charge on any atom is -0.404 e. The minimum absolute atomic E-state index is 0.304. The normalized spacial score (nSPS) is 20.4. The number of nitrogens with zero attached hydrogens (tertiary/aromatic N) is 1. The molecule has 3 nitrogen and oxygen atoms in total. The first kappa shape index (κ1) is 19.9. The van der Waals surface area contributed by atoms with Crippen LogP contribution in [0.4, 0.5) is 5.69 Å². The summed E-state index contributed by atoms with van der Waals surface area (Å²) in [6.07, 6.45) is 16.1. The Kier molecular flexibility index (Phi) is 6.70. The molecule has 0 saturated heterocycles. The van der Waals surface area contributed by atoms with Crippen LogP contribution in [0.25, 0.3) is 0 Å². The lowest BCUT2D eigenvalue weighted by Crippen LogP contribution is -2.37. The number of anilines is 1. The summed E-state index contributed by atoms with van der Waals surface area (Å²) < 4.78 is 0. The van der Waals surface area contributed by atoms with Crippen LogP contribution in [0.3, 0.4) is 0 Å². The first-order valence-electron chi connectivity index (χ1n) is 10.2. The van der Waals surface area contributed by atoms with Crippen LogP contribution in [0.15, 0.2) is 84.6 Å². The van der Waals surface area contributed by atoms with Crippen molar-refractivity contribution in [1.82, 2.24) is 0 Å². The first-order chi connectivity index (χ1) is 13.6. The standard InChI is InChI=1S/C25H31N3/c1-3-20(18-26)9-5-4-8-19(2)24-15-13-21-12-14-23(27)22-10-6-7-11-25(22)28(24)17-16-21/h3,6-7,10-12,14,16,18,24,27H,1-2,4-5,8-9,13,15,17,26H2/b14-12-,20-18+,27-23?. The van der Waals surface area contributed by atoms with Gasteiger partial charge in [-0.25, -0.2) is 0 Å². The third kappa shape index (κ3) is 4.53. The molecule has 146 valence electrons. The molecule has 0 saturated carbocycles. The maximum atomic E-state index is 8.48. The fraction of sp³-hybridized carbons (Fsp3) is 0.320. The zero-order valence-corrected chi connectivity index (χ0v) is 16.7. The van der Waals surface area contributed by atoms with Crippen molar-refractivity contribution in [3.8, 4) is 0 Å². The van der Waals surface area contributed by atoms with Gasteiger partial charge < -0.3 is 16.0 Å². The molecule has 1 atom stereocenters. The summed E-state index contributed by atoms with van der Waals surface area (Å²) in [7, 11) is 0. The Balaban J connectivity index is 1.76. The fourth-order valence-electron chi connectivity index (χ4n) is 4.08. The van der Waals surface area contributed by atoms with E-state index >= 15 is 0 Å². The molecular weight excluding hydrogens is 342 g/mol. The van der Waals surface area contributed by atoms with E-state index in [4.69, 9.17) is 11.1 Å². The number of hydrogen-bond donors (Lipinski definition) is 2. The van der Waals surface area contributed by atoms with Gasteiger partial charge >= 0.3 is 0 Å². The van der Waals surface area contributed by atoms with E-state index in [1.54, 1.807) is 6.20 Å². The monoisotopic (exact) mass is 373 g/mol. The molecule has 0 spiro atoms. The number of nitrogens with one attached hydrogen (secondary N) is 1. The van der Waals surface area contributed by atoms with Crippen LogP contribution >= 0.6 is 0 Å². The van der Waals surface area contributed by atoms with Gasteiger partial charge in [-0.15, -0.1) is 0 Å². The van der Waals surface area contributed by atoms with E-state index in [1.807, 2.05) is 18.2 Å². The molecule has 0 aromatic heterocycles. The summed E-state index contributed by atoms with van der Waals surface area (Å²) in [5, 5.41) is 8.48. The number of nitrogens with two attached hydrogens (primary N) is 1. The second-order valence-corrected chi connectivity index (χ2v) is 7.56. The van der Waals surface area contributed by atoms with E-state index < -0.39 is 0 Å². The molecule has 2 aliphatic rings. The molecule has 1 unspecified atom stereocenters. The number of hydrogen-bond acceptors (Lipinski definition) is 3. The van der Waals surface area contributed by atoms with Crippen molar-refractivity contribution >= 4 is 11.4 Å². The molecule has 0 amide bonds. The molecule has 0 radical (unpaired) electrons. The third-order valence-corrected chi connectivity index (χ3v) is 5.76. The van der Waals surface area contributed by atoms with Crippen molar-refractivity contribution in [2.75, 3.05) is 11.4 Å². The van der Waals surface area contributed by atoms with E-state index in [1.165, 1.54) is 11.1 Å². The second-order valence-electron chi connectivity index (χ2n) is 7.56. The molecule has 2 bridgehead atoms. The molecule has 28 heavy (non-hydrogen) atoms. The van der Waals surface area contributed by atoms with Crippen molar-refractivity contribution in [2.45, 2.75) is 44.6 Å². The van der Waals surface area contributed by atoms with Gasteiger partial charge in [0.05, 0.1) is 11.8 Å². The van der Waals surface area contributed by atoms with Gasteiger partial charge in [0.25, 0.3) is 0 Å². The zero-order valence-electron chi connectivity index (χ0n) is 16.7. The van der Waals surface area contributed by atoms with Crippen LogP contribution in [-0.4, -0.2) is 18.3 Å². The molecule has 0 fully saturated rings. The van der Waals surface area contributed by atoms with Gasteiger partial charge in [0.15, 0.2) is 0 Å². The fourth-order valence-corrected chi connectivity index (χ4v) is 4.08. The smallest absolute Gasteiger partial charge is 0.0633 e. The maximum absolute atomic E-state index is 8.48. The van der Waals surface area contributed by atoms with Crippen LogP contribution in [0.1, 0.15) is 44.1 Å². The summed E-state index contributed by atoms with van der Waals surface area (Å²) in [5.74, 6) is 0. The Morgan fingerprint density at radius 1 is 1.21 bits per heavy atom. The maximum Gasteiger partial charge on any atom is 0.0633 e. The summed E-state index contributed by atoms with van der Waals surface area (Å²) in [5.41, 5.74) is 12.0. The number of unbranched alkanes of at least 4 members (excludes halogenated alkanes) is 1. The van der Waals surface area contributed by atoms with Crippen LogP contribution in [0, 0.1) is 5.41 Å². The Labute approximate surface area is 169 Å². The molecule has 1 aromatic carbocycles. The zero-order chi connectivity index (χ0) is 19.9. The number of allylic oxidation sites excluding steroid dienone is 5. The van der Waals surface area contributed by atoms with Gasteiger partial charge in [-0.05, 0) is 62.4 Å². The van der Waals surface area contributed by atoms with Gasteiger partial charge in [-0.2, -0.15) is 0 Å². The highest BCUT2D eigenvalue weighted by Crippen LogP contribution is 2.33. The number of para-hydroxylation sites is 1. The lowest BCUT2D eigenvalue weighted by atomic mass is 9.93. The molecule has 3 N–H and O–H groups in total. The van der Waals surface area contributed by atoms with Crippen molar-refractivity contribution in [1.29, 1.82) is 5.41 Å². The molecule has 2 heterocycles. The van der Waals surface area contributed by atoms with Crippen LogP contribution in [0.2, 0.25) is 0 Å². The molecule has 2 aliphatic heterocycles. The van der Waals surface area contributed by atoms with Crippen LogP contribution < -0.4 is 10.6 Å². The van der Waals surface area contributed by atoms with E-state index in [2.05, 4.69) is 48.4 Å². The summed E-state index contributed by atoms with van der Waals surface area (Å²) in [4.78, 5) is 2.45. The Hall–Kier alpha value is -2.81. The Morgan fingerprint density at radius 2 is 2.00 bits per heavy atom. The highest BCUT2D eigenvalue weighted by Gasteiger charge is 2.26. The summed E-state index contributed by atoms with van der Waals surface area (Å²) >= 11 is 0. The van der Waals surface area contributed by atoms with Crippen molar-refractivity contribution in [3.63, 3.8) is 0 Å². The van der Waals surface area contributed by atoms with Crippen molar-refractivity contribution in [2.24, 2.45) is 5.73 Å². The average molecular weight is 374 g/mol. The topological polar surface area (TPSA) is 53.1 Å². The first-order valence-corrected chi connectivity index (χ1v) is 10.2.